The largest absolute Gasteiger partial charge is 0.392 e. The van der Waals surface area contributed by atoms with Gasteiger partial charge in [0.2, 0.25) is 0 Å². The summed E-state index contributed by atoms with van der Waals surface area (Å²) in [4.78, 5) is 0. The predicted molar refractivity (Wildman–Crippen MR) is 41.9 cm³/mol. The smallest absolute Gasteiger partial charge is 0.0636 e. The minimum absolute atomic E-state index is 0.194. The minimum Gasteiger partial charge on any atom is -0.392 e. The van der Waals surface area contributed by atoms with Gasteiger partial charge in [-0.1, -0.05) is 6.42 Å². The van der Waals surface area contributed by atoms with Crippen LogP contribution in [0.1, 0.15) is 26.2 Å². The summed E-state index contributed by atoms with van der Waals surface area (Å²) in [6, 6.07) is 0. The SMILES string of the molecule is CC(O)CNCC1CCC1. The molecule has 1 fully saturated rings. The van der Waals surface area contributed by atoms with E-state index in [1.165, 1.54) is 19.3 Å². The molecule has 60 valence electrons. The Morgan fingerprint density at radius 2 is 2.30 bits per heavy atom. The Kier molecular flexibility index (Phi) is 3.16. The third kappa shape index (κ3) is 2.67. The third-order valence-corrected chi connectivity index (χ3v) is 2.10. The highest BCUT2D eigenvalue weighted by Crippen LogP contribution is 2.24. The fourth-order valence-corrected chi connectivity index (χ4v) is 1.19. The van der Waals surface area contributed by atoms with Crippen molar-refractivity contribution in [2.75, 3.05) is 13.1 Å². The van der Waals surface area contributed by atoms with Crippen LogP contribution in [0.4, 0.5) is 0 Å². The second-order valence-electron chi connectivity index (χ2n) is 3.30. The molecule has 1 saturated carbocycles. The molecule has 0 saturated heterocycles. The van der Waals surface area contributed by atoms with Crippen molar-refractivity contribution in [2.45, 2.75) is 32.3 Å². The molecule has 1 rings (SSSR count). The zero-order valence-electron chi connectivity index (χ0n) is 6.64. The molecule has 0 aromatic carbocycles. The summed E-state index contributed by atoms with van der Waals surface area (Å²) in [5, 5.41) is 12.1. The van der Waals surface area contributed by atoms with Gasteiger partial charge >= 0.3 is 0 Å². The van der Waals surface area contributed by atoms with E-state index >= 15 is 0 Å². The monoisotopic (exact) mass is 143 g/mol. The van der Waals surface area contributed by atoms with Gasteiger partial charge < -0.3 is 10.4 Å². The van der Waals surface area contributed by atoms with Gasteiger partial charge in [0.1, 0.15) is 0 Å². The minimum atomic E-state index is -0.194. The Bertz CT molecular complexity index is 89.3. The first-order chi connectivity index (χ1) is 4.79. The van der Waals surface area contributed by atoms with Gasteiger partial charge in [0.15, 0.2) is 0 Å². The summed E-state index contributed by atoms with van der Waals surface area (Å²) in [6.07, 6.45) is 3.97. The van der Waals surface area contributed by atoms with Crippen molar-refractivity contribution in [3.8, 4) is 0 Å². The number of aliphatic hydroxyl groups is 1. The van der Waals surface area contributed by atoms with Crippen LogP contribution in [-0.4, -0.2) is 24.3 Å². The standard InChI is InChI=1S/C8H17NO/c1-7(10)5-9-6-8-3-2-4-8/h7-10H,2-6H2,1H3. The lowest BCUT2D eigenvalue weighted by molar-refractivity contribution is 0.184. The maximum absolute atomic E-state index is 8.89. The highest BCUT2D eigenvalue weighted by atomic mass is 16.3. The van der Waals surface area contributed by atoms with Crippen LogP contribution in [0.15, 0.2) is 0 Å². The van der Waals surface area contributed by atoms with Crippen molar-refractivity contribution in [1.29, 1.82) is 0 Å². The second kappa shape index (κ2) is 3.94. The van der Waals surface area contributed by atoms with Gasteiger partial charge in [-0.3, -0.25) is 0 Å². The zero-order chi connectivity index (χ0) is 7.40. The van der Waals surface area contributed by atoms with Crippen molar-refractivity contribution in [2.24, 2.45) is 5.92 Å². The number of aliphatic hydroxyl groups excluding tert-OH is 1. The van der Waals surface area contributed by atoms with Crippen LogP contribution >= 0.6 is 0 Å². The number of nitrogens with one attached hydrogen (secondary N) is 1. The Hall–Kier alpha value is -0.0800. The van der Waals surface area contributed by atoms with E-state index in [9.17, 15) is 0 Å². The van der Waals surface area contributed by atoms with Gasteiger partial charge in [-0.25, -0.2) is 0 Å². The Balaban J connectivity index is 1.85. The molecule has 10 heavy (non-hydrogen) atoms. The molecule has 0 aliphatic heterocycles. The fourth-order valence-electron chi connectivity index (χ4n) is 1.19. The van der Waals surface area contributed by atoms with Crippen molar-refractivity contribution in [1.82, 2.24) is 5.32 Å². The van der Waals surface area contributed by atoms with Gasteiger partial charge in [0, 0.05) is 6.54 Å². The maximum atomic E-state index is 8.89. The van der Waals surface area contributed by atoms with Gasteiger partial charge in [-0.15, -0.1) is 0 Å². The second-order valence-corrected chi connectivity index (χ2v) is 3.30. The number of rotatable bonds is 4. The first kappa shape index (κ1) is 8.02. The summed E-state index contributed by atoms with van der Waals surface area (Å²) in [6.45, 7) is 3.66. The van der Waals surface area contributed by atoms with Gasteiger partial charge in [0.25, 0.3) is 0 Å². The quantitative estimate of drug-likeness (QED) is 0.609. The first-order valence-electron chi connectivity index (χ1n) is 4.18. The van der Waals surface area contributed by atoms with Gasteiger partial charge in [0.05, 0.1) is 6.10 Å². The van der Waals surface area contributed by atoms with Crippen LogP contribution in [0.2, 0.25) is 0 Å². The van der Waals surface area contributed by atoms with E-state index < -0.39 is 0 Å². The summed E-state index contributed by atoms with van der Waals surface area (Å²) in [5.41, 5.74) is 0. The molecule has 0 spiro atoms. The molecule has 2 N–H and O–H groups in total. The lowest BCUT2D eigenvalue weighted by Crippen LogP contribution is -2.32. The molecular weight excluding hydrogens is 126 g/mol. The third-order valence-electron chi connectivity index (χ3n) is 2.10. The molecular formula is C8H17NO. The van der Waals surface area contributed by atoms with E-state index in [0.29, 0.717) is 0 Å². The average molecular weight is 143 g/mol. The highest BCUT2D eigenvalue weighted by molar-refractivity contribution is 4.71. The molecule has 0 radical (unpaired) electrons. The van der Waals surface area contributed by atoms with Crippen molar-refractivity contribution >= 4 is 0 Å². The maximum Gasteiger partial charge on any atom is 0.0636 e. The Labute approximate surface area is 62.6 Å². The van der Waals surface area contributed by atoms with E-state index in [1.54, 1.807) is 0 Å². The summed E-state index contributed by atoms with van der Waals surface area (Å²) < 4.78 is 0. The average Bonchev–Trinajstić information content (AvgIpc) is 1.75. The summed E-state index contributed by atoms with van der Waals surface area (Å²) >= 11 is 0. The normalized spacial score (nSPS) is 22.2. The number of hydrogen-bond donors (Lipinski definition) is 2. The lowest BCUT2D eigenvalue weighted by Gasteiger charge is -2.25. The van der Waals surface area contributed by atoms with E-state index in [-0.39, 0.29) is 6.10 Å². The molecule has 0 heterocycles. The predicted octanol–water partition coefficient (Wildman–Crippen LogP) is 0.757. The van der Waals surface area contributed by atoms with E-state index in [2.05, 4.69) is 5.32 Å². The van der Waals surface area contributed by atoms with Crippen LogP contribution in [0.5, 0.6) is 0 Å². The van der Waals surface area contributed by atoms with Crippen LogP contribution < -0.4 is 5.32 Å². The van der Waals surface area contributed by atoms with Gasteiger partial charge in [-0.05, 0) is 32.2 Å². The van der Waals surface area contributed by atoms with E-state index in [1.807, 2.05) is 6.92 Å². The molecule has 0 amide bonds. The van der Waals surface area contributed by atoms with Crippen molar-refractivity contribution in [3.05, 3.63) is 0 Å². The molecule has 0 aromatic rings. The molecule has 1 unspecified atom stereocenters. The van der Waals surface area contributed by atoms with Crippen LogP contribution in [-0.2, 0) is 0 Å². The molecule has 2 heteroatoms. The van der Waals surface area contributed by atoms with Crippen LogP contribution in [0.3, 0.4) is 0 Å². The van der Waals surface area contributed by atoms with Crippen LogP contribution in [0, 0.1) is 5.92 Å². The molecule has 1 aliphatic carbocycles. The molecule has 0 aromatic heterocycles. The molecule has 1 atom stereocenters. The first-order valence-corrected chi connectivity index (χ1v) is 4.18. The molecule has 2 nitrogen and oxygen atoms in total. The summed E-state index contributed by atoms with van der Waals surface area (Å²) in [5.74, 6) is 0.902. The van der Waals surface area contributed by atoms with Crippen LogP contribution in [0.25, 0.3) is 0 Å². The van der Waals surface area contributed by atoms with E-state index in [0.717, 1.165) is 19.0 Å². The summed E-state index contributed by atoms with van der Waals surface area (Å²) in [7, 11) is 0. The lowest BCUT2D eigenvalue weighted by atomic mass is 9.85. The van der Waals surface area contributed by atoms with Crippen molar-refractivity contribution < 1.29 is 5.11 Å². The topological polar surface area (TPSA) is 32.3 Å². The van der Waals surface area contributed by atoms with E-state index in [4.69, 9.17) is 5.11 Å². The highest BCUT2D eigenvalue weighted by Gasteiger charge is 2.16. The zero-order valence-corrected chi connectivity index (χ0v) is 6.64. The fraction of sp³-hybridized carbons (Fsp3) is 1.00. The molecule has 0 bridgehead atoms. The van der Waals surface area contributed by atoms with Gasteiger partial charge in [-0.2, -0.15) is 0 Å². The Morgan fingerprint density at radius 3 is 2.70 bits per heavy atom. The molecule has 1 aliphatic rings. The number of hydrogen-bond acceptors (Lipinski definition) is 2. The van der Waals surface area contributed by atoms with Crippen molar-refractivity contribution in [3.63, 3.8) is 0 Å². The Morgan fingerprint density at radius 1 is 1.60 bits per heavy atom.